The average molecular weight is 375 g/mol. The van der Waals surface area contributed by atoms with Gasteiger partial charge in [0.05, 0.1) is 19.1 Å². The second kappa shape index (κ2) is 10.5. The molecule has 1 aliphatic rings. The summed E-state index contributed by atoms with van der Waals surface area (Å²) in [5, 5.41) is 2.94. The molecule has 1 aliphatic heterocycles. The first-order chi connectivity index (χ1) is 11.6. The summed E-state index contributed by atoms with van der Waals surface area (Å²) in [6, 6.07) is 5.29. The van der Waals surface area contributed by atoms with Gasteiger partial charge in [-0.15, -0.1) is 12.4 Å². The van der Waals surface area contributed by atoms with Gasteiger partial charge in [-0.25, -0.2) is 0 Å². The zero-order chi connectivity index (χ0) is 17.4. The predicted molar refractivity (Wildman–Crippen MR) is 97.8 cm³/mol. The lowest BCUT2D eigenvalue weighted by molar-refractivity contribution is -0.130. The Hall–Kier alpha value is -1.54. The van der Waals surface area contributed by atoms with Crippen molar-refractivity contribution in [1.82, 2.24) is 0 Å². The lowest BCUT2D eigenvalue weighted by Gasteiger charge is -2.34. The van der Waals surface area contributed by atoms with Crippen molar-refractivity contribution in [3.8, 4) is 11.5 Å². The van der Waals surface area contributed by atoms with Crippen LogP contribution >= 0.6 is 12.4 Å². The molecule has 1 aromatic rings. The summed E-state index contributed by atoms with van der Waals surface area (Å²) in [6.45, 7) is 2.27. The number of amides is 1. The number of nitrogens with one attached hydrogen (secondary N) is 1. The molecule has 0 saturated carbocycles. The normalized spacial score (nSPS) is 15.8. The van der Waals surface area contributed by atoms with E-state index in [0.717, 1.165) is 0 Å². The molecule has 1 heterocycles. The Morgan fingerprint density at radius 3 is 2.56 bits per heavy atom. The van der Waals surface area contributed by atoms with E-state index in [0.29, 0.717) is 63.0 Å². The highest BCUT2D eigenvalue weighted by atomic mass is 35.5. The van der Waals surface area contributed by atoms with E-state index < -0.39 is 5.41 Å². The first-order valence-corrected chi connectivity index (χ1v) is 8.04. The van der Waals surface area contributed by atoms with Gasteiger partial charge in [0.2, 0.25) is 5.91 Å². The van der Waals surface area contributed by atoms with Crippen molar-refractivity contribution in [3.05, 3.63) is 18.2 Å². The van der Waals surface area contributed by atoms with Crippen LogP contribution in [0.5, 0.6) is 11.5 Å². The molecule has 0 atom stereocenters. The van der Waals surface area contributed by atoms with Gasteiger partial charge in [0, 0.05) is 38.6 Å². The van der Waals surface area contributed by atoms with E-state index in [-0.39, 0.29) is 18.3 Å². The van der Waals surface area contributed by atoms with Gasteiger partial charge in [0.25, 0.3) is 0 Å². The van der Waals surface area contributed by atoms with Crippen molar-refractivity contribution in [2.45, 2.75) is 12.8 Å². The largest absolute Gasteiger partial charge is 0.493 e. The molecule has 25 heavy (non-hydrogen) atoms. The average Bonchev–Trinajstić information content (AvgIpc) is 2.62. The molecular weight excluding hydrogens is 348 g/mol. The van der Waals surface area contributed by atoms with Crippen LogP contribution in [0.15, 0.2) is 18.2 Å². The lowest BCUT2D eigenvalue weighted by Crippen LogP contribution is -2.46. The molecule has 1 fully saturated rings. The highest BCUT2D eigenvalue weighted by Crippen LogP contribution is 2.33. The van der Waals surface area contributed by atoms with E-state index in [2.05, 4.69) is 5.32 Å². The van der Waals surface area contributed by atoms with Crippen LogP contribution in [0.4, 0.5) is 5.69 Å². The molecule has 7 nitrogen and oxygen atoms in total. The van der Waals surface area contributed by atoms with Gasteiger partial charge < -0.3 is 30.0 Å². The van der Waals surface area contributed by atoms with Gasteiger partial charge in [0.15, 0.2) is 11.5 Å². The molecule has 0 aromatic heterocycles. The number of carbonyl (C=O) groups is 1. The minimum Gasteiger partial charge on any atom is -0.493 e. The number of anilines is 1. The third-order valence-electron chi connectivity index (χ3n) is 4.29. The van der Waals surface area contributed by atoms with Crippen LogP contribution in [0, 0.1) is 5.41 Å². The summed E-state index contributed by atoms with van der Waals surface area (Å²) < 4.78 is 21.2. The number of hydrogen-bond donors (Lipinski definition) is 2. The Balaban J connectivity index is 0.00000312. The minimum atomic E-state index is -0.574. The quantitative estimate of drug-likeness (QED) is 0.674. The molecule has 0 radical (unpaired) electrons. The van der Waals surface area contributed by atoms with Gasteiger partial charge in [-0.3, -0.25) is 4.79 Å². The first-order valence-electron chi connectivity index (χ1n) is 8.04. The van der Waals surface area contributed by atoms with Crippen LogP contribution in [0.2, 0.25) is 0 Å². The summed E-state index contributed by atoms with van der Waals surface area (Å²) >= 11 is 0. The van der Waals surface area contributed by atoms with Gasteiger partial charge in [-0.05, 0) is 25.0 Å². The van der Waals surface area contributed by atoms with Crippen LogP contribution in [-0.2, 0) is 14.3 Å². The molecule has 0 spiro atoms. The standard InChI is InChI=1S/C17H26N2O5.ClH/c1-21-9-10-24-15-11-13(3-4-14(15)22-2)19-16(20)17(12-18)5-7-23-8-6-17;/h3-4,11H,5-10,12,18H2,1-2H3,(H,19,20);1H. The van der Waals surface area contributed by atoms with Crippen molar-refractivity contribution in [2.75, 3.05) is 52.5 Å². The van der Waals surface area contributed by atoms with Crippen LogP contribution in [0.25, 0.3) is 0 Å². The molecule has 1 saturated heterocycles. The molecule has 3 N–H and O–H groups in total. The fraction of sp³-hybridized carbons (Fsp3) is 0.588. The highest BCUT2D eigenvalue weighted by Gasteiger charge is 2.38. The number of benzene rings is 1. The van der Waals surface area contributed by atoms with Crippen LogP contribution in [-0.4, -0.2) is 53.1 Å². The zero-order valence-corrected chi connectivity index (χ0v) is 15.5. The van der Waals surface area contributed by atoms with Gasteiger partial charge in [0.1, 0.15) is 6.61 Å². The second-order valence-electron chi connectivity index (χ2n) is 5.76. The van der Waals surface area contributed by atoms with E-state index >= 15 is 0 Å². The van der Waals surface area contributed by atoms with Crippen LogP contribution < -0.4 is 20.5 Å². The number of hydrogen-bond acceptors (Lipinski definition) is 6. The molecular formula is C17H27ClN2O5. The molecule has 0 bridgehead atoms. The number of halogens is 1. The maximum atomic E-state index is 12.7. The van der Waals surface area contributed by atoms with Crippen molar-refractivity contribution in [3.63, 3.8) is 0 Å². The Morgan fingerprint density at radius 1 is 1.24 bits per heavy atom. The molecule has 0 unspecified atom stereocenters. The summed E-state index contributed by atoms with van der Waals surface area (Å²) in [5.74, 6) is 1.08. The number of ether oxygens (including phenoxy) is 4. The van der Waals surface area contributed by atoms with Crippen molar-refractivity contribution < 1.29 is 23.7 Å². The molecule has 1 amide bonds. The second-order valence-corrected chi connectivity index (χ2v) is 5.76. The van der Waals surface area contributed by atoms with E-state index in [9.17, 15) is 4.79 Å². The Morgan fingerprint density at radius 2 is 1.96 bits per heavy atom. The maximum Gasteiger partial charge on any atom is 0.232 e. The highest BCUT2D eigenvalue weighted by molar-refractivity contribution is 5.95. The van der Waals surface area contributed by atoms with E-state index in [1.807, 2.05) is 0 Å². The molecule has 8 heteroatoms. The van der Waals surface area contributed by atoms with Crippen LogP contribution in [0.3, 0.4) is 0 Å². The van der Waals surface area contributed by atoms with E-state index in [4.69, 9.17) is 24.7 Å². The summed E-state index contributed by atoms with van der Waals surface area (Å²) in [6.07, 6.45) is 1.26. The number of nitrogens with two attached hydrogens (primary N) is 1. The molecule has 1 aromatic carbocycles. The molecule has 2 rings (SSSR count). The van der Waals surface area contributed by atoms with E-state index in [1.165, 1.54) is 0 Å². The smallest absolute Gasteiger partial charge is 0.232 e. The summed E-state index contributed by atoms with van der Waals surface area (Å²) in [7, 11) is 3.18. The summed E-state index contributed by atoms with van der Waals surface area (Å²) in [5.41, 5.74) is 5.95. The first kappa shape index (κ1) is 21.5. The fourth-order valence-corrected chi connectivity index (χ4v) is 2.65. The molecule has 142 valence electrons. The molecule has 0 aliphatic carbocycles. The summed E-state index contributed by atoms with van der Waals surface area (Å²) in [4.78, 5) is 12.7. The minimum absolute atomic E-state index is 0. The van der Waals surface area contributed by atoms with Crippen LogP contribution in [0.1, 0.15) is 12.8 Å². The van der Waals surface area contributed by atoms with Crippen molar-refractivity contribution in [2.24, 2.45) is 11.1 Å². The van der Waals surface area contributed by atoms with Crippen molar-refractivity contribution >= 4 is 24.0 Å². The third-order valence-corrected chi connectivity index (χ3v) is 4.29. The predicted octanol–water partition coefficient (Wildman–Crippen LogP) is 1.84. The Bertz CT molecular complexity index is 550. The fourth-order valence-electron chi connectivity index (χ4n) is 2.65. The van der Waals surface area contributed by atoms with E-state index in [1.54, 1.807) is 32.4 Å². The SMILES string of the molecule is COCCOc1cc(NC(=O)C2(CN)CCOCC2)ccc1OC.Cl. The number of rotatable bonds is 8. The number of methoxy groups -OCH3 is 2. The van der Waals surface area contributed by atoms with Gasteiger partial charge >= 0.3 is 0 Å². The van der Waals surface area contributed by atoms with Crippen molar-refractivity contribution in [1.29, 1.82) is 0 Å². The zero-order valence-electron chi connectivity index (χ0n) is 14.7. The number of carbonyl (C=O) groups excluding carboxylic acids is 1. The van der Waals surface area contributed by atoms with Gasteiger partial charge in [-0.1, -0.05) is 0 Å². The lowest BCUT2D eigenvalue weighted by atomic mass is 9.79. The topological polar surface area (TPSA) is 92.0 Å². The Kier molecular flexibility index (Phi) is 8.99. The van der Waals surface area contributed by atoms with Gasteiger partial charge in [-0.2, -0.15) is 0 Å². The third kappa shape index (κ3) is 5.47. The maximum absolute atomic E-state index is 12.7. The Labute approximate surface area is 154 Å². The monoisotopic (exact) mass is 374 g/mol.